The lowest BCUT2D eigenvalue weighted by atomic mass is 9.90. The van der Waals surface area contributed by atoms with Crippen molar-refractivity contribution in [3.63, 3.8) is 0 Å². The molecule has 3 aromatic rings. The number of likely N-dealkylation sites (tertiary alicyclic amines) is 1. The average molecular weight is 374 g/mol. The van der Waals surface area contributed by atoms with Gasteiger partial charge in [0, 0.05) is 48.2 Å². The fraction of sp³-hybridized carbons (Fsp3) is 0.273. The molecular formula is C22H22N4O2. The van der Waals surface area contributed by atoms with E-state index >= 15 is 0 Å². The van der Waals surface area contributed by atoms with Crippen molar-refractivity contribution >= 4 is 11.7 Å². The van der Waals surface area contributed by atoms with Gasteiger partial charge in [-0.1, -0.05) is 29.8 Å². The van der Waals surface area contributed by atoms with E-state index in [1.807, 2.05) is 6.20 Å². The van der Waals surface area contributed by atoms with Crippen LogP contribution in [0.1, 0.15) is 40.4 Å². The smallest absolute Gasteiger partial charge is 0.295 e. The molecule has 1 aromatic carbocycles. The zero-order chi connectivity index (χ0) is 19.5. The summed E-state index contributed by atoms with van der Waals surface area (Å²) in [7, 11) is 0. The van der Waals surface area contributed by atoms with E-state index in [2.05, 4.69) is 46.4 Å². The lowest BCUT2D eigenvalue weighted by molar-refractivity contribution is -0.127. The first-order valence-corrected chi connectivity index (χ1v) is 9.47. The van der Waals surface area contributed by atoms with E-state index in [1.165, 1.54) is 11.8 Å². The van der Waals surface area contributed by atoms with Crippen molar-refractivity contribution in [2.24, 2.45) is 0 Å². The maximum atomic E-state index is 12.7. The number of Topliss-reactive ketones (excluding diaryl/α,β-unsaturated/α-hetero) is 1. The molecule has 3 heterocycles. The van der Waals surface area contributed by atoms with Crippen LogP contribution < -0.4 is 0 Å². The van der Waals surface area contributed by atoms with Crippen molar-refractivity contribution in [3.05, 3.63) is 71.8 Å². The summed E-state index contributed by atoms with van der Waals surface area (Å²) in [5.41, 5.74) is 4.71. The van der Waals surface area contributed by atoms with Crippen LogP contribution in [0.2, 0.25) is 0 Å². The molecule has 1 saturated heterocycles. The van der Waals surface area contributed by atoms with Crippen LogP contribution in [-0.2, 0) is 4.79 Å². The van der Waals surface area contributed by atoms with Gasteiger partial charge in [-0.25, -0.2) is 0 Å². The molecule has 1 N–H and O–H groups in total. The molecule has 0 aliphatic carbocycles. The predicted octanol–water partition coefficient (Wildman–Crippen LogP) is 3.37. The van der Waals surface area contributed by atoms with Gasteiger partial charge in [-0.3, -0.25) is 19.7 Å². The van der Waals surface area contributed by atoms with E-state index in [4.69, 9.17) is 0 Å². The number of amides is 1. The molecule has 0 spiro atoms. The van der Waals surface area contributed by atoms with E-state index < -0.39 is 11.7 Å². The highest BCUT2D eigenvalue weighted by atomic mass is 16.2. The minimum absolute atomic E-state index is 0.123. The minimum atomic E-state index is -0.503. The summed E-state index contributed by atoms with van der Waals surface area (Å²) in [5.74, 6) is -0.843. The number of aryl methyl sites for hydroxylation is 1. The molecule has 6 nitrogen and oxygen atoms in total. The van der Waals surface area contributed by atoms with E-state index in [0.717, 1.165) is 29.7 Å². The molecule has 4 rings (SSSR count). The Morgan fingerprint density at radius 1 is 1.14 bits per heavy atom. The summed E-state index contributed by atoms with van der Waals surface area (Å²) in [6, 6.07) is 11.6. The van der Waals surface area contributed by atoms with Gasteiger partial charge in [-0.15, -0.1) is 0 Å². The number of nitrogens with one attached hydrogen (secondary N) is 1. The Kier molecular flexibility index (Phi) is 5.02. The van der Waals surface area contributed by atoms with Crippen molar-refractivity contribution in [2.75, 3.05) is 13.1 Å². The van der Waals surface area contributed by atoms with Crippen LogP contribution in [-0.4, -0.2) is 44.9 Å². The van der Waals surface area contributed by atoms with Crippen molar-refractivity contribution in [1.29, 1.82) is 0 Å². The third-order valence-corrected chi connectivity index (χ3v) is 5.27. The lowest BCUT2D eigenvalue weighted by Gasteiger charge is -2.32. The second-order valence-corrected chi connectivity index (χ2v) is 7.22. The minimum Gasteiger partial charge on any atom is -0.335 e. The van der Waals surface area contributed by atoms with Crippen LogP contribution in [0.5, 0.6) is 0 Å². The van der Waals surface area contributed by atoms with Gasteiger partial charge in [-0.2, -0.15) is 5.10 Å². The van der Waals surface area contributed by atoms with Gasteiger partial charge in [0.2, 0.25) is 0 Å². The fourth-order valence-electron chi connectivity index (χ4n) is 3.73. The van der Waals surface area contributed by atoms with Crippen molar-refractivity contribution in [2.45, 2.75) is 25.7 Å². The number of hydrogen-bond acceptors (Lipinski definition) is 4. The number of carbonyl (C=O) groups excluding carboxylic acids is 2. The van der Waals surface area contributed by atoms with Gasteiger partial charge in [0.05, 0.1) is 6.20 Å². The first-order valence-electron chi connectivity index (χ1n) is 9.47. The second kappa shape index (κ2) is 7.76. The van der Waals surface area contributed by atoms with Crippen LogP contribution in [0, 0.1) is 6.92 Å². The van der Waals surface area contributed by atoms with Crippen LogP contribution in [0.4, 0.5) is 0 Å². The Morgan fingerprint density at radius 2 is 1.96 bits per heavy atom. The summed E-state index contributed by atoms with van der Waals surface area (Å²) in [5, 5.41) is 7.37. The zero-order valence-electron chi connectivity index (χ0n) is 15.8. The van der Waals surface area contributed by atoms with Gasteiger partial charge in [0.25, 0.3) is 11.7 Å². The molecule has 2 aromatic heterocycles. The molecule has 0 bridgehead atoms. The number of carbonyl (C=O) groups is 2. The average Bonchev–Trinajstić information content (AvgIpc) is 3.24. The molecule has 1 unspecified atom stereocenters. The first-order chi connectivity index (χ1) is 13.6. The molecule has 142 valence electrons. The summed E-state index contributed by atoms with van der Waals surface area (Å²) in [4.78, 5) is 30.8. The number of piperidine rings is 1. The maximum Gasteiger partial charge on any atom is 0.295 e. The largest absolute Gasteiger partial charge is 0.335 e. The Morgan fingerprint density at radius 3 is 2.71 bits per heavy atom. The molecule has 1 amide bonds. The highest BCUT2D eigenvalue weighted by Crippen LogP contribution is 2.33. The van der Waals surface area contributed by atoms with Gasteiger partial charge in [0.15, 0.2) is 0 Å². The number of aromatic nitrogens is 3. The van der Waals surface area contributed by atoms with Crippen molar-refractivity contribution in [1.82, 2.24) is 20.1 Å². The number of ketones is 1. The van der Waals surface area contributed by atoms with Gasteiger partial charge < -0.3 is 4.90 Å². The van der Waals surface area contributed by atoms with Crippen LogP contribution >= 0.6 is 0 Å². The molecule has 28 heavy (non-hydrogen) atoms. The van der Waals surface area contributed by atoms with Crippen molar-refractivity contribution < 1.29 is 9.59 Å². The van der Waals surface area contributed by atoms with E-state index in [1.54, 1.807) is 23.2 Å². The SMILES string of the molecule is Cc1ccc(-c2cn[nH]c2C2CCCN(C(=O)C(=O)c3cccnc3)C2)cc1. The number of benzene rings is 1. The van der Waals surface area contributed by atoms with E-state index in [0.29, 0.717) is 18.7 Å². The van der Waals surface area contributed by atoms with E-state index in [9.17, 15) is 9.59 Å². The van der Waals surface area contributed by atoms with Crippen LogP contribution in [0.25, 0.3) is 11.1 Å². The number of aromatic amines is 1. The topological polar surface area (TPSA) is 79.0 Å². The highest BCUT2D eigenvalue weighted by molar-refractivity contribution is 6.42. The summed E-state index contributed by atoms with van der Waals surface area (Å²) in [6.45, 7) is 3.16. The zero-order valence-corrected chi connectivity index (χ0v) is 15.8. The highest BCUT2D eigenvalue weighted by Gasteiger charge is 2.31. The standard InChI is InChI=1S/C22H22N4O2/c1-15-6-8-16(9-7-15)19-13-24-25-20(19)18-5-3-11-26(14-18)22(28)21(27)17-4-2-10-23-12-17/h2,4,6-10,12-13,18H,3,5,11,14H2,1H3,(H,24,25). The molecule has 1 aliphatic rings. The Bertz CT molecular complexity index is 979. The molecule has 0 radical (unpaired) electrons. The molecule has 1 atom stereocenters. The van der Waals surface area contributed by atoms with Gasteiger partial charge in [0.1, 0.15) is 0 Å². The van der Waals surface area contributed by atoms with Crippen LogP contribution in [0.3, 0.4) is 0 Å². The lowest BCUT2D eigenvalue weighted by Crippen LogP contribution is -2.42. The van der Waals surface area contributed by atoms with Crippen molar-refractivity contribution in [3.8, 4) is 11.1 Å². The molecule has 6 heteroatoms. The summed E-state index contributed by atoms with van der Waals surface area (Å²) < 4.78 is 0. The number of nitrogens with zero attached hydrogens (tertiary/aromatic N) is 3. The molecule has 1 aliphatic heterocycles. The quantitative estimate of drug-likeness (QED) is 0.561. The predicted molar refractivity (Wildman–Crippen MR) is 106 cm³/mol. The fourth-order valence-corrected chi connectivity index (χ4v) is 3.73. The maximum absolute atomic E-state index is 12.7. The number of rotatable bonds is 4. The number of H-pyrrole nitrogens is 1. The normalized spacial score (nSPS) is 16.8. The third-order valence-electron chi connectivity index (χ3n) is 5.27. The van der Waals surface area contributed by atoms with E-state index in [-0.39, 0.29) is 5.92 Å². The molecule has 0 saturated carbocycles. The third kappa shape index (κ3) is 3.58. The van der Waals surface area contributed by atoms with Gasteiger partial charge >= 0.3 is 0 Å². The molecular weight excluding hydrogens is 352 g/mol. The summed E-state index contributed by atoms with van der Waals surface area (Å²) >= 11 is 0. The number of pyridine rings is 1. The van der Waals surface area contributed by atoms with Crippen LogP contribution in [0.15, 0.2) is 55.0 Å². The Hall–Kier alpha value is -3.28. The Balaban J connectivity index is 1.53. The second-order valence-electron chi connectivity index (χ2n) is 7.22. The first kappa shape index (κ1) is 18.1. The molecule has 1 fully saturated rings. The number of hydrogen-bond donors (Lipinski definition) is 1. The monoisotopic (exact) mass is 374 g/mol. The summed E-state index contributed by atoms with van der Waals surface area (Å²) in [6.07, 6.45) is 6.66. The van der Waals surface area contributed by atoms with Gasteiger partial charge in [-0.05, 0) is 37.5 Å². The Labute approximate surface area is 163 Å².